The van der Waals surface area contributed by atoms with Gasteiger partial charge in [-0.1, -0.05) is 35.9 Å². The molecule has 0 saturated carbocycles. The second-order valence-corrected chi connectivity index (χ2v) is 6.92. The first-order chi connectivity index (χ1) is 9.88. The zero-order valence-corrected chi connectivity index (χ0v) is 13.7. The zero-order chi connectivity index (χ0) is 15.6. The van der Waals surface area contributed by atoms with Crippen LogP contribution in [0.4, 0.5) is 0 Å². The van der Waals surface area contributed by atoms with Crippen LogP contribution in [0.15, 0.2) is 41.3 Å². The molecule has 0 saturated heterocycles. The maximum Gasteiger partial charge on any atom is 0.175 e. The number of aryl methyl sites for hydroxylation is 4. The zero-order valence-electron chi connectivity index (χ0n) is 12.9. The Kier molecular flexibility index (Phi) is 4.73. The molecule has 110 valence electrons. The molecule has 1 atom stereocenters. The number of ketones is 1. The second-order valence-electron chi connectivity index (χ2n) is 5.50. The van der Waals surface area contributed by atoms with Crippen LogP contribution in [0, 0.1) is 27.7 Å². The highest BCUT2D eigenvalue weighted by Crippen LogP contribution is 2.17. The van der Waals surface area contributed by atoms with Crippen LogP contribution in [0.2, 0.25) is 0 Å². The van der Waals surface area contributed by atoms with Gasteiger partial charge in [-0.05, 0) is 50.5 Å². The number of carbonyl (C=O) groups is 1. The van der Waals surface area contributed by atoms with Gasteiger partial charge in [0.1, 0.15) is 0 Å². The molecule has 0 bridgehead atoms. The lowest BCUT2D eigenvalue weighted by Crippen LogP contribution is -2.13. The normalized spacial score (nSPS) is 12.2. The van der Waals surface area contributed by atoms with E-state index >= 15 is 0 Å². The van der Waals surface area contributed by atoms with Gasteiger partial charge < -0.3 is 0 Å². The van der Waals surface area contributed by atoms with E-state index < -0.39 is 10.8 Å². The third-order valence-corrected chi connectivity index (χ3v) is 4.99. The van der Waals surface area contributed by atoms with E-state index in [1.165, 1.54) is 0 Å². The van der Waals surface area contributed by atoms with E-state index in [1.807, 2.05) is 64.1 Å². The molecule has 0 fully saturated rings. The van der Waals surface area contributed by atoms with E-state index in [4.69, 9.17) is 0 Å². The van der Waals surface area contributed by atoms with E-state index in [-0.39, 0.29) is 11.5 Å². The molecule has 3 heteroatoms. The quantitative estimate of drug-likeness (QED) is 0.802. The minimum absolute atomic E-state index is 0.0359. The SMILES string of the molecule is Cc1ccc(C(=O)CS(=O)c2cc(C)ccc2C)c(C)c1. The van der Waals surface area contributed by atoms with E-state index in [1.54, 1.807) is 0 Å². The van der Waals surface area contributed by atoms with Gasteiger partial charge in [0.2, 0.25) is 0 Å². The molecule has 21 heavy (non-hydrogen) atoms. The smallest absolute Gasteiger partial charge is 0.175 e. The molecule has 0 aliphatic rings. The predicted octanol–water partition coefficient (Wildman–Crippen LogP) is 3.91. The molecule has 1 unspecified atom stereocenters. The van der Waals surface area contributed by atoms with Crippen molar-refractivity contribution in [3.05, 3.63) is 64.2 Å². The molecule has 0 aromatic heterocycles. The molecule has 2 rings (SSSR count). The third-order valence-electron chi connectivity index (χ3n) is 3.53. The van der Waals surface area contributed by atoms with E-state index in [0.717, 1.165) is 27.1 Å². The molecule has 0 heterocycles. The fraction of sp³-hybridized carbons (Fsp3) is 0.278. The lowest BCUT2D eigenvalue weighted by molar-refractivity contribution is 0.102. The van der Waals surface area contributed by atoms with E-state index in [2.05, 4.69) is 0 Å². The Morgan fingerprint density at radius 1 is 0.905 bits per heavy atom. The van der Waals surface area contributed by atoms with E-state index in [9.17, 15) is 9.00 Å². The van der Waals surface area contributed by atoms with Crippen molar-refractivity contribution in [3.63, 3.8) is 0 Å². The standard InChI is InChI=1S/C18H20O2S/c1-12-6-8-16(15(4)9-12)17(19)11-21(20)18-10-13(2)5-7-14(18)3/h5-10H,11H2,1-4H3. The fourth-order valence-electron chi connectivity index (χ4n) is 2.35. The highest BCUT2D eigenvalue weighted by Gasteiger charge is 2.15. The van der Waals surface area contributed by atoms with Gasteiger partial charge in [-0.15, -0.1) is 0 Å². The number of hydrogen-bond acceptors (Lipinski definition) is 2. The minimum atomic E-state index is -1.30. The highest BCUT2D eigenvalue weighted by atomic mass is 32.2. The van der Waals surface area contributed by atoms with Crippen molar-refractivity contribution in [3.8, 4) is 0 Å². The molecule has 0 aliphatic heterocycles. The number of Topliss-reactive ketones (excluding diaryl/α,β-unsaturated/α-hetero) is 1. The Morgan fingerprint density at radius 2 is 1.52 bits per heavy atom. The first-order valence-electron chi connectivity index (χ1n) is 6.94. The van der Waals surface area contributed by atoms with Crippen LogP contribution in [0.1, 0.15) is 32.6 Å². The van der Waals surface area contributed by atoms with Crippen LogP contribution < -0.4 is 0 Å². The Balaban J connectivity index is 2.23. The molecule has 2 aromatic carbocycles. The maximum atomic E-state index is 12.5. The van der Waals surface area contributed by atoms with Crippen molar-refractivity contribution in [2.75, 3.05) is 5.75 Å². The van der Waals surface area contributed by atoms with Crippen molar-refractivity contribution >= 4 is 16.6 Å². The Morgan fingerprint density at radius 3 is 2.19 bits per heavy atom. The molecular formula is C18H20O2S. The lowest BCUT2D eigenvalue weighted by Gasteiger charge is -2.09. The Bertz CT molecular complexity index is 717. The van der Waals surface area contributed by atoms with Crippen molar-refractivity contribution in [1.82, 2.24) is 0 Å². The van der Waals surface area contributed by atoms with Crippen LogP contribution >= 0.6 is 0 Å². The monoisotopic (exact) mass is 300 g/mol. The summed E-state index contributed by atoms with van der Waals surface area (Å²) in [5.41, 5.74) is 4.76. The summed E-state index contributed by atoms with van der Waals surface area (Å²) in [6.07, 6.45) is 0. The summed E-state index contributed by atoms with van der Waals surface area (Å²) in [7, 11) is -1.30. The summed E-state index contributed by atoms with van der Waals surface area (Å²) in [5, 5.41) is 0. The number of hydrogen-bond donors (Lipinski definition) is 0. The van der Waals surface area contributed by atoms with Gasteiger partial charge in [-0.25, -0.2) is 0 Å². The molecule has 2 aromatic rings. The van der Waals surface area contributed by atoms with Crippen molar-refractivity contribution < 1.29 is 9.00 Å². The average molecular weight is 300 g/mol. The lowest BCUT2D eigenvalue weighted by atomic mass is 10.0. The molecule has 0 spiro atoms. The van der Waals surface area contributed by atoms with Crippen molar-refractivity contribution in [1.29, 1.82) is 0 Å². The fourth-order valence-corrected chi connectivity index (χ4v) is 3.65. The summed E-state index contributed by atoms with van der Waals surface area (Å²) in [4.78, 5) is 13.1. The highest BCUT2D eigenvalue weighted by molar-refractivity contribution is 7.85. The van der Waals surface area contributed by atoms with Gasteiger partial charge >= 0.3 is 0 Å². The summed E-state index contributed by atoms with van der Waals surface area (Å²) >= 11 is 0. The van der Waals surface area contributed by atoms with Gasteiger partial charge in [-0.3, -0.25) is 9.00 Å². The maximum absolute atomic E-state index is 12.5. The van der Waals surface area contributed by atoms with Crippen molar-refractivity contribution in [2.24, 2.45) is 0 Å². The van der Waals surface area contributed by atoms with Gasteiger partial charge in [0, 0.05) is 10.5 Å². The van der Waals surface area contributed by atoms with Gasteiger partial charge in [0.05, 0.1) is 16.6 Å². The second kappa shape index (κ2) is 6.35. The Hall–Kier alpha value is -1.74. The first-order valence-corrected chi connectivity index (χ1v) is 8.26. The number of carbonyl (C=O) groups excluding carboxylic acids is 1. The predicted molar refractivity (Wildman–Crippen MR) is 87.4 cm³/mol. The summed E-state index contributed by atoms with van der Waals surface area (Å²) in [6.45, 7) is 7.80. The van der Waals surface area contributed by atoms with Gasteiger partial charge in [0.15, 0.2) is 5.78 Å². The average Bonchev–Trinajstić information content (AvgIpc) is 2.41. The number of benzene rings is 2. The van der Waals surface area contributed by atoms with Crippen LogP contribution in [-0.2, 0) is 10.8 Å². The molecule has 0 aliphatic carbocycles. The molecule has 0 N–H and O–H groups in total. The molecular weight excluding hydrogens is 280 g/mol. The van der Waals surface area contributed by atoms with Crippen LogP contribution in [-0.4, -0.2) is 15.7 Å². The topological polar surface area (TPSA) is 34.1 Å². The minimum Gasteiger partial charge on any atom is -0.293 e. The molecule has 0 amide bonds. The Labute approximate surface area is 128 Å². The van der Waals surface area contributed by atoms with Gasteiger partial charge in [0.25, 0.3) is 0 Å². The van der Waals surface area contributed by atoms with Crippen molar-refractivity contribution in [2.45, 2.75) is 32.6 Å². The van der Waals surface area contributed by atoms with Crippen LogP contribution in [0.3, 0.4) is 0 Å². The number of rotatable bonds is 4. The summed E-state index contributed by atoms with van der Waals surface area (Å²) in [5.74, 6) is -0.0273. The summed E-state index contributed by atoms with van der Waals surface area (Å²) in [6, 6.07) is 11.6. The van der Waals surface area contributed by atoms with Crippen LogP contribution in [0.5, 0.6) is 0 Å². The van der Waals surface area contributed by atoms with Gasteiger partial charge in [-0.2, -0.15) is 0 Å². The largest absolute Gasteiger partial charge is 0.293 e. The molecule has 2 nitrogen and oxygen atoms in total. The first kappa shape index (κ1) is 15.6. The summed E-state index contributed by atoms with van der Waals surface area (Å²) < 4.78 is 12.5. The molecule has 0 radical (unpaired) electrons. The van der Waals surface area contributed by atoms with Crippen LogP contribution in [0.25, 0.3) is 0 Å². The van der Waals surface area contributed by atoms with E-state index in [0.29, 0.717) is 5.56 Å². The third kappa shape index (κ3) is 3.67.